The summed E-state index contributed by atoms with van der Waals surface area (Å²) in [5.41, 5.74) is 6.92. The van der Waals surface area contributed by atoms with Gasteiger partial charge in [-0.2, -0.15) is 0 Å². The SMILES string of the molecule is COC(=O)CCc1c2[nH]c(c1C)C=c1[nH]c(c(CC(=O)OC)c1CCC(=O)OC)=Cc1[nH]c(c(CC(=O)OC)c1CCC(=O)OC)C=c1[nH]c(c(CC(=O)OC)c1CCC(=O)OC)=C2. The number of H-pyrrole nitrogens is 4. The Kier molecular flexibility index (Phi) is 16.3. The number of hydrogen-bond donors (Lipinski definition) is 4. The Morgan fingerprint density at radius 1 is 0.344 bits per heavy atom. The molecule has 5 rings (SSSR count). The Labute approximate surface area is 368 Å². The molecule has 64 heavy (non-hydrogen) atoms. The van der Waals surface area contributed by atoms with Crippen molar-refractivity contribution in [1.29, 1.82) is 0 Å². The third-order valence-electron chi connectivity index (χ3n) is 11.3. The summed E-state index contributed by atoms with van der Waals surface area (Å²) in [7, 11) is 8.96. The molecule has 18 nitrogen and oxygen atoms in total. The highest BCUT2D eigenvalue weighted by atomic mass is 16.5. The van der Waals surface area contributed by atoms with Crippen LogP contribution < -0.4 is 21.4 Å². The van der Waals surface area contributed by atoms with E-state index in [1.165, 1.54) is 49.8 Å². The van der Waals surface area contributed by atoms with Crippen molar-refractivity contribution in [2.45, 2.75) is 77.6 Å². The monoisotopic (exact) mass is 886 g/mol. The summed E-state index contributed by atoms with van der Waals surface area (Å²) >= 11 is 0. The number of aromatic nitrogens is 4. The Morgan fingerprint density at radius 3 is 1.02 bits per heavy atom. The fourth-order valence-electron chi connectivity index (χ4n) is 7.88. The van der Waals surface area contributed by atoms with Gasteiger partial charge in [-0.3, -0.25) is 33.6 Å². The van der Waals surface area contributed by atoms with Gasteiger partial charge in [-0.25, -0.2) is 0 Å². The fraction of sp³-hybridized carbons (Fsp3) is 0.413. The van der Waals surface area contributed by atoms with Crippen LogP contribution >= 0.6 is 0 Å². The van der Waals surface area contributed by atoms with Crippen LogP contribution in [0.5, 0.6) is 0 Å². The van der Waals surface area contributed by atoms with E-state index in [1.54, 1.807) is 12.2 Å². The molecule has 0 fully saturated rings. The number of ether oxygens (including phenoxy) is 7. The van der Waals surface area contributed by atoms with E-state index in [-0.39, 0.29) is 70.6 Å². The zero-order valence-electron chi connectivity index (χ0n) is 37.3. The smallest absolute Gasteiger partial charge is 0.310 e. The largest absolute Gasteiger partial charge is 0.469 e. The number of methoxy groups -OCH3 is 7. The standard InChI is InChI=1S/C46H54N4O14/c1-24-25(9-13-40(51)58-2)33-21-37-30(18-45(56)63-7)27(11-15-42(53)60-4)35(49-37)23-39-31(19-46(57)64-8)28(12-16-43(54)61-5)36(50-39)22-38-29(17-44(55)62-6)26(10-14-41(52)59-3)34(48-38)20-32(24)47-33/h20-23,47-50H,9-19H2,1-8H3. The lowest BCUT2D eigenvalue weighted by atomic mass is 9.98. The molecule has 1 aliphatic rings. The molecular weight excluding hydrogens is 833 g/mol. The van der Waals surface area contributed by atoms with E-state index in [0.29, 0.717) is 77.6 Å². The van der Waals surface area contributed by atoms with Crippen molar-refractivity contribution in [2.75, 3.05) is 49.8 Å². The maximum Gasteiger partial charge on any atom is 0.310 e. The highest BCUT2D eigenvalue weighted by Crippen LogP contribution is 2.26. The molecule has 0 amide bonds. The van der Waals surface area contributed by atoms with E-state index in [1.807, 2.05) is 19.1 Å². The van der Waals surface area contributed by atoms with E-state index in [2.05, 4.69) is 19.9 Å². The first-order chi connectivity index (χ1) is 30.7. The van der Waals surface area contributed by atoms with Crippen LogP contribution in [0.3, 0.4) is 0 Å². The lowest BCUT2D eigenvalue weighted by Crippen LogP contribution is -2.16. The Bertz CT molecular complexity index is 2690. The fourth-order valence-corrected chi connectivity index (χ4v) is 7.88. The van der Waals surface area contributed by atoms with Gasteiger partial charge in [0.25, 0.3) is 0 Å². The van der Waals surface area contributed by atoms with Gasteiger partial charge in [0.1, 0.15) is 0 Å². The van der Waals surface area contributed by atoms with Crippen LogP contribution in [0.4, 0.5) is 0 Å². The number of carbonyl (C=O) groups is 7. The topological polar surface area (TPSA) is 247 Å². The van der Waals surface area contributed by atoms with Crippen LogP contribution in [0.25, 0.3) is 24.3 Å². The Morgan fingerprint density at radius 2 is 0.625 bits per heavy atom. The average molecular weight is 887 g/mol. The molecule has 5 heterocycles. The zero-order chi connectivity index (χ0) is 46.7. The molecule has 0 saturated carbocycles. The zero-order valence-corrected chi connectivity index (χ0v) is 37.3. The van der Waals surface area contributed by atoms with E-state index >= 15 is 0 Å². The van der Waals surface area contributed by atoms with Gasteiger partial charge in [-0.1, -0.05) is 0 Å². The van der Waals surface area contributed by atoms with Gasteiger partial charge in [0.05, 0.1) is 69.0 Å². The lowest BCUT2D eigenvalue weighted by molar-refractivity contribution is -0.141. The predicted octanol–water partition coefficient (Wildman–Crippen LogP) is 0.505. The second kappa shape index (κ2) is 21.8. The van der Waals surface area contributed by atoms with Crippen LogP contribution in [-0.4, -0.2) is 111 Å². The summed E-state index contributed by atoms with van der Waals surface area (Å²) < 4.78 is 35.3. The minimum absolute atomic E-state index is 0.0264. The summed E-state index contributed by atoms with van der Waals surface area (Å²) in [6, 6.07) is 0. The molecule has 0 atom stereocenters. The van der Waals surface area contributed by atoms with Crippen LogP contribution in [0.1, 0.15) is 93.0 Å². The van der Waals surface area contributed by atoms with Gasteiger partial charge in [0.15, 0.2) is 0 Å². The number of esters is 7. The second-order valence-corrected chi connectivity index (χ2v) is 14.9. The van der Waals surface area contributed by atoms with Crippen LogP contribution in [0.2, 0.25) is 0 Å². The number of nitrogens with one attached hydrogen (secondary N) is 4. The maximum absolute atomic E-state index is 13.2. The van der Waals surface area contributed by atoms with Gasteiger partial charge in [0.2, 0.25) is 0 Å². The minimum Gasteiger partial charge on any atom is -0.469 e. The van der Waals surface area contributed by atoms with E-state index < -0.39 is 41.8 Å². The molecular formula is C46H54N4O14. The van der Waals surface area contributed by atoms with Crippen LogP contribution in [0.15, 0.2) is 0 Å². The number of hydrogen-bond acceptors (Lipinski definition) is 14. The number of carbonyl (C=O) groups excluding carboxylic acids is 7. The minimum atomic E-state index is -0.575. The van der Waals surface area contributed by atoms with Crippen molar-refractivity contribution in [3.05, 3.63) is 88.7 Å². The first-order valence-corrected chi connectivity index (χ1v) is 20.5. The molecule has 1 aliphatic heterocycles. The van der Waals surface area contributed by atoms with Crippen molar-refractivity contribution in [3.63, 3.8) is 0 Å². The molecule has 0 aromatic carbocycles. The highest BCUT2D eigenvalue weighted by molar-refractivity contribution is 5.79. The van der Waals surface area contributed by atoms with E-state index in [0.717, 1.165) is 11.1 Å². The molecule has 342 valence electrons. The first kappa shape index (κ1) is 47.9. The second-order valence-electron chi connectivity index (χ2n) is 14.9. The van der Waals surface area contributed by atoms with Crippen molar-refractivity contribution in [2.24, 2.45) is 0 Å². The molecule has 0 saturated heterocycles. The number of fused-ring (bicyclic) bond motifs is 8. The summed E-state index contributed by atoms with van der Waals surface area (Å²) in [6.45, 7) is 1.89. The predicted molar refractivity (Wildman–Crippen MR) is 229 cm³/mol. The third-order valence-corrected chi connectivity index (χ3v) is 11.3. The molecule has 4 N–H and O–H groups in total. The molecule has 0 spiro atoms. The highest BCUT2D eigenvalue weighted by Gasteiger charge is 2.24. The van der Waals surface area contributed by atoms with E-state index in [4.69, 9.17) is 33.2 Å². The summed E-state index contributed by atoms with van der Waals surface area (Å²) in [5, 5.41) is 1.96. The molecule has 0 radical (unpaired) electrons. The van der Waals surface area contributed by atoms with Crippen LogP contribution in [-0.2, 0) is 112 Å². The van der Waals surface area contributed by atoms with Gasteiger partial charge >= 0.3 is 41.8 Å². The van der Waals surface area contributed by atoms with Crippen LogP contribution in [0, 0.1) is 6.92 Å². The first-order valence-electron chi connectivity index (χ1n) is 20.5. The average Bonchev–Trinajstić information content (AvgIpc) is 3.98. The summed E-state index contributed by atoms with van der Waals surface area (Å²) in [6.07, 6.45) is 7.12. The van der Waals surface area contributed by atoms with Crippen molar-refractivity contribution >= 4 is 66.1 Å². The number of rotatable bonds is 18. The Balaban J connectivity index is 2.04. The van der Waals surface area contributed by atoms with E-state index in [9.17, 15) is 33.6 Å². The lowest BCUT2D eigenvalue weighted by Gasteiger charge is -2.07. The summed E-state index contributed by atoms with van der Waals surface area (Å²) in [4.78, 5) is 104. The van der Waals surface area contributed by atoms with Gasteiger partial charge in [-0.05, 0) is 101 Å². The van der Waals surface area contributed by atoms with Gasteiger partial charge < -0.3 is 53.1 Å². The van der Waals surface area contributed by atoms with Crippen molar-refractivity contribution < 1.29 is 66.7 Å². The summed E-state index contributed by atoms with van der Waals surface area (Å²) in [5.74, 6) is -3.56. The van der Waals surface area contributed by atoms with Crippen molar-refractivity contribution in [3.8, 4) is 0 Å². The maximum atomic E-state index is 13.2. The molecule has 0 unspecified atom stereocenters. The molecule has 8 bridgehead atoms. The Hall–Kier alpha value is -7.11. The van der Waals surface area contributed by atoms with Crippen molar-refractivity contribution in [1.82, 2.24) is 19.9 Å². The normalized spacial score (nSPS) is 11.5. The molecule has 18 heteroatoms. The third kappa shape index (κ3) is 11.3. The quantitative estimate of drug-likeness (QED) is 0.0692. The number of aromatic amines is 4. The van der Waals surface area contributed by atoms with Gasteiger partial charge in [0, 0.05) is 69.9 Å². The molecule has 0 aliphatic carbocycles. The molecule has 4 aromatic heterocycles. The van der Waals surface area contributed by atoms with Gasteiger partial charge in [-0.15, -0.1) is 0 Å². The molecule has 4 aromatic rings.